The maximum Gasteiger partial charge on any atom is 0.264 e. The molecule has 1 heterocycles. The largest absolute Gasteiger partial charge is 0.497 e. The smallest absolute Gasteiger partial charge is 0.264 e. The van der Waals surface area contributed by atoms with Crippen molar-refractivity contribution in [3.05, 3.63) is 53.4 Å². The highest BCUT2D eigenvalue weighted by molar-refractivity contribution is 7.14. The fourth-order valence-corrected chi connectivity index (χ4v) is 3.59. The first-order chi connectivity index (χ1) is 15.1. The van der Waals surface area contributed by atoms with Gasteiger partial charge in [0.2, 0.25) is 0 Å². The molecule has 0 atom stereocenters. The molecule has 1 aromatic heterocycles. The lowest BCUT2D eigenvalue weighted by atomic mass is 10.1. The fourth-order valence-electron chi connectivity index (χ4n) is 2.86. The van der Waals surface area contributed by atoms with Crippen LogP contribution in [0.3, 0.4) is 0 Å². The first kappa shape index (κ1) is 22.2. The molecule has 7 nitrogen and oxygen atoms in total. The zero-order valence-corrected chi connectivity index (χ0v) is 18.6. The summed E-state index contributed by atoms with van der Waals surface area (Å²) in [6, 6.07) is 11.0. The number of hydrogen-bond acceptors (Lipinski definition) is 7. The molecule has 0 radical (unpaired) electrons. The van der Waals surface area contributed by atoms with Crippen LogP contribution >= 0.6 is 11.3 Å². The highest BCUT2D eigenvalue weighted by Gasteiger charge is 2.14. The highest BCUT2D eigenvalue weighted by Crippen LogP contribution is 2.35. The molecule has 162 valence electrons. The van der Waals surface area contributed by atoms with E-state index < -0.39 is 0 Å². The van der Waals surface area contributed by atoms with Crippen LogP contribution in [0.25, 0.3) is 17.3 Å². The Morgan fingerprint density at radius 1 is 1.03 bits per heavy atom. The van der Waals surface area contributed by atoms with Crippen molar-refractivity contribution in [2.45, 2.75) is 6.92 Å². The second-order valence-electron chi connectivity index (χ2n) is 6.35. The average Bonchev–Trinajstić information content (AvgIpc) is 3.25. The molecule has 0 saturated carbocycles. The summed E-state index contributed by atoms with van der Waals surface area (Å²) in [6.07, 6.45) is 3.89. The number of benzene rings is 2. The lowest BCUT2D eigenvalue weighted by Crippen LogP contribution is -2.20. The zero-order chi connectivity index (χ0) is 22.2. The van der Waals surface area contributed by atoms with Crippen molar-refractivity contribution in [2.75, 3.05) is 33.3 Å². The second kappa shape index (κ2) is 10.5. The quantitative estimate of drug-likeness (QED) is 0.511. The third kappa shape index (κ3) is 5.55. The van der Waals surface area contributed by atoms with Gasteiger partial charge in [0.15, 0.2) is 23.2 Å². The van der Waals surface area contributed by atoms with E-state index in [-0.39, 0.29) is 12.5 Å². The third-order valence-corrected chi connectivity index (χ3v) is 5.10. The number of allylic oxidation sites excluding steroid dienone is 1. The minimum Gasteiger partial charge on any atom is -0.497 e. The van der Waals surface area contributed by atoms with Gasteiger partial charge < -0.3 is 18.9 Å². The van der Waals surface area contributed by atoms with E-state index in [2.05, 4.69) is 10.3 Å². The Balaban J connectivity index is 1.64. The van der Waals surface area contributed by atoms with Crippen LogP contribution < -0.4 is 24.3 Å². The minimum atomic E-state index is -0.317. The van der Waals surface area contributed by atoms with Crippen molar-refractivity contribution in [1.29, 1.82) is 0 Å². The molecular formula is C23H24N2O5S. The summed E-state index contributed by atoms with van der Waals surface area (Å²) in [5.74, 6) is 2.07. The molecule has 0 aliphatic carbocycles. The summed E-state index contributed by atoms with van der Waals surface area (Å²) in [5, 5.41) is 5.08. The monoisotopic (exact) mass is 440 g/mol. The molecule has 3 rings (SSSR count). The lowest BCUT2D eigenvalue weighted by molar-refractivity contribution is -0.118. The van der Waals surface area contributed by atoms with Crippen LogP contribution in [0.4, 0.5) is 5.13 Å². The van der Waals surface area contributed by atoms with Crippen LogP contribution in [-0.2, 0) is 4.79 Å². The Morgan fingerprint density at radius 3 is 2.55 bits per heavy atom. The number of rotatable bonds is 9. The molecule has 31 heavy (non-hydrogen) atoms. The van der Waals surface area contributed by atoms with Crippen LogP contribution in [0.1, 0.15) is 12.5 Å². The summed E-state index contributed by atoms with van der Waals surface area (Å²) in [5.41, 5.74) is 2.49. The molecule has 0 aliphatic heterocycles. The van der Waals surface area contributed by atoms with E-state index in [1.807, 2.05) is 48.7 Å². The van der Waals surface area contributed by atoms with Gasteiger partial charge >= 0.3 is 0 Å². The number of methoxy groups -OCH3 is 3. The predicted molar refractivity (Wildman–Crippen MR) is 122 cm³/mol. The molecule has 3 aromatic rings. The number of carbonyl (C=O) groups excluding carboxylic acids is 1. The highest BCUT2D eigenvalue weighted by atomic mass is 32.1. The topological polar surface area (TPSA) is 78.9 Å². The average molecular weight is 441 g/mol. The number of amides is 1. The van der Waals surface area contributed by atoms with Crippen molar-refractivity contribution in [3.63, 3.8) is 0 Å². The summed E-state index contributed by atoms with van der Waals surface area (Å²) in [6.45, 7) is 1.77. The van der Waals surface area contributed by atoms with Crippen molar-refractivity contribution in [3.8, 4) is 34.3 Å². The normalized spacial score (nSPS) is 10.7. The van der Waals surface area contributed by atoms with Gasteiger partial charge in [-0.05, 0) is 36.8 Å². The van der Waals surface area contributed by atoms with Gasteiger partial charge in [-0.1, -0.05) is 18.2 Å². The van der Waals surface area contributed by atoms with Gasteiger partial charge in [0.25, 0.3) is 5.91 Å². The first-order valence-electron chi connectivity index (χ1n) is 9.49. The summed E-state index contributed by atoms with van der Waals surface area (Å²) >= 11 is 1.32. The van der Waals surface area contributed by atoms with Crippen molar-refractivity contribution < 1.29 is 23.7 Å². The maximum absolute atomic E-state index is 12.3. The SMILES string of the molecule is C/C=C/c1ccc(OCC(=O)Nc2nc(-c3ccc(OC)cc3OC)cs2)c(OC)c1. The van der Waals surface area contributed by atoms with Gasteiger partial charge in [0.1, 0.15) is 11.5 Å². The number of nitrogens with one attached hydrogen (secondary N) is 1. The molecule has 0 unspecified atom stereocenters. The Hall–Kier alpha value is -3.52. The Bertz CT molecular complexity index is 1080. The predicted octanol–water partition coefficient (Wildman–Crippen LogP) is 4.89. The van der Waals surface area contributed by atoms with E-state index >= 15 is 0 Å². The van der Waals surface area contributed by atoms with Gasteiger partial charge in [0, 0.05) is 17.0 Å². The van der Waals surface area contributed by atoms with Crippen LogP contribution in [-0.4, -0.2) is 38.8 Å². The van der Waals surface area contributed by atoms with E-state index in [0.29, 0.717) is 33.8 Å². The number of hydrogen-bond donors (Lipinski definition) is 1. The fraction of sp³-hybridized carbons (Fsp3) is 0.217. The van der Waals surface area contributed by atoms with E-state index in [0.717, 1.165) is 11.1 Å². The van der Waals surface area contributed by atoms with Crippen LogP contribution in [0.15, 0.2) is 47.9 Å². The molecule has 1 N–H and O–H groups in total. The second-order valence-corrected chi connectivity index (χ2v) is 7.21. The number of thiazole rings is 1. The van der Waals surface area contributed by atoms with Gasteiger partial charge in [-0.3, -0.25) is 10.1 Å². The molecule has 0 fully saturated rings. The number of aromatic nitrogens is 1. The standard InChI is InChI=1S/C23H24N2O5S/c1-5-6-15-7-10-19(21(11-15)29-4)30-13-22(26)25-23-24-18(14-31-23)17-9-8-16(27-2)12-20(17)28-3/h5-12,14H,13H2,1-4H3,(H,24,25,26)/b6-5+. The van der Waals surface area contributed by atoms with Crippen LogP contribution in [0, 0.1) is 0 Å². The molecule has 0 saturated heterocycles. The van der Waals surface area contributed by atoms with E-state index in [9.17, 15) is 4.79 Å². The Morgan fingerprint density at radius 2 is 1.84 bits per heavy atom. The van der Waals surface area contributed by atoms with E-state index in [4.69, 9.17) is 18.9 Å². The van der Waals surface area contributed by atoms with E-state index in [1.54, 1.807) is 33.5 Å². The maximum atomic E-state index is 12.3. The molecule has 2 aromatic carbocycles. The molecule has 0 bridgehead atoms. The van der Waals surface area contributed by atoms with E-state index in [1.165, 1.54) is 11.3 Å². The molecule has 0 spiro atoms. The van der Waals surface area contributed by atoms with Gasteiger partial charge in [0.05, 0.1) is 27.0 Å². The van der Waals surface area contributed by atoms with Crippen molar-refractivity contribution >= 4 is 28.5 Å². The summed E-state index contributed by atoms with van der Waals surface area (Å²) in [7, 11) is 4.75. The van der Waals surface area contributed by atoms with Crippen molar-refractivity contribution in [1.82, 2.24) is 4.98 Å². The molecule has 8 heteroatoms. The van der Waals surface area contributed by atoms with Crippen LogP contribution in [0.2, 0.25) is 0 Å². The minimum absolute atomic E-state index is 0.167. The zero-order valence-electron chi connectivity index (χ0n) is 17.8. The number of nitrogens with zero attached hydrogens (tertiary/aromatic N) is 1. The van der Waals surface area contributed by atoms with Gasteiger partial charge in [-0.25, -0.2) is 4.98 Å². The number of carbonyl (C=O) groups is 1. The summed E-state index contributed by atoms with van der Waals surface area (Å²) < 4.78 is 21.6. The molecule has 1 amide bonds. The van der Waals surface area contributed by atoms with Gasteiger partial charge in [-0.2, -0.15) is 0 Å². The third-order valence-electron chi connectivity index (χ3n) is 4.34. The Kier molecular flexibility index (Phi) is 7.50. The molecule has 0 aliphatic rings. The van der Waals surface area contributed by atoms with Gasteiger partial charge in [-0.15, -0.1) is 11.3 Å². The number of anilines is 1. The van der Waals surface area contributed by atoms with Crippen molar-refractivity contribution in [2.24, 2.45) is 0 Å². The number of ether oxygens (including phenoxy) is 4. The molecular weight excluding hydrogens is 416 g/mol. The first-order valence-corrected chi connectivity index (χ1v) is 10.4. The summed E-state index contributed by atoms with van der Waals surface area (Å²) in [4.78, 5) is 16.8. The van der Waals surface area contributed by atoms with Crippen LogP contribution in [0.5, 0.6) is 23.0 Å². The Labute approximate surface area is 185 Å². The lowest BCUT2D eigenvalue weighted by Gasteiger charge is -2.11.